The maximum absolute atomic E-state index is 5.20. The molecular formula is C10H15NO. The van der Waals surface area contributed by atoms with Gasteiger partial charge in [-0.25, -0.2) is 0 Å². The summed E-state index contributed by atoms with van der Waals surface area (Å²) >= 11 is 0. The van der Waals surface area contributed by atoms with Gasteiger partial charge in [0.2, 0.25) is 0 Å². The topological polar surface area (TPSA) is 21.3 Å². The molecule has 0 aromatic heterocycles. The Hall–Kier alpha value is -1.02. The summed E-state index contributed by atoms with van der Waals surface area (Å²) in [6, 6.07) is 6.10. The van der Waals surface area contributed by atoms with Crippen LogP contribution in [-0.2, 0) is 6.54 Å². The minimum absolute atomic E-state index is 0.892. The fourth-order valence-corrected chi connectivity index (χ4v) is 1.26. The molecule has 1 aromatic carbocycles. The van der Waals surface area contributed by atoms with Gasteiger partial charge >= 0.3 is 0 Å². The average molecular weight is 165 g/mol. The predicted octanol–water partition coefficient (Wildman–Crippen LogP) is 1.72. The number of hydrogen-bond donors (Lipinski definition) is 1. The fraction of sp³-hybridized carbons (Fsp3) is 0.400. The van der Waals surface area contributed by atoms with Crippen LogP contribution in [-0.4, -0.2) is 14.2 Å². The van der Waals surface area contributed by atoms with Crippen LogP contribution in [0, 0.1) is 6.92 Å². The molecule has 0 saturated heterocycles. The molecule has 0 aliphatic rings. The lowest BCUT2D eigenvalue weighted by atomic mass is 10.1. The van der Waals surface area contributed by atoms with Gasteiger partial charge in [-0.05, 0) is 31.2 Å². The lowest BCUT2D eigenvalue weighted by Crippen LogP contribution is -2.06. The molecule has 0 radical (unpaired) electrons. The number of nitrogens with one attached hydrogen (secondary N) is 1. The van der Waals surface area contributed by atoms with Crippen LogP contribution in [0.4, 0.5) is 0 Å². The third kappa shape index (κ3) is 1.77. The first-order valence-electron chi connectivity index (χ1n) is 4.06. The third-order valence-electron chi connectivity index (χ3n) is 1.98. The lowest BCUT2D eigenvalue weighted by Gasteiger charge is -2.09. The minimum Gasteiger partial charge on any atom is -0.496 e. The molecule has 0 aliphatic heterocycles. The largest absolute Gasteiger partial charge is 0.496 e. The van der Waals surface area contributed by atoms with Crippen molar-refractivity contribution in [3.63, 3.8) is 0 Å². The Morgan fingerprint density at radius 3 is 2.75 bits per heavy atom. The number of methoxy groups -OCH3 is 1. The minimum atomic E-state index is 0.892. The maximum Gasteiger partial charge on any atom is 0.122 e. The predicted molar refractivity (Wildman–Crippen MR) is 50.5 cm³/mol. The van der Waals surface area contributed by atoms with Crippen LogP contribution < -0.4 is 10.1 Å². The van der Waals surface area contributed by atoms with Gasteiger partial charge in [-0.3, -0.25) is 0 Å². The zero-order valence-corrected chi connectivity index (χ0v) is 7.85. The highest BCUT2D eigenvalue weighted by molar-refractivity contribution is 5.38. The summed E-state index contributed by atoms with van der Waals surface area (Å²) in [7, 11) is 3.64. The summed E-state index contributed by atoms with van der Waals surface area (Å²) in [5.41, 5.74) is 2.51. The van der Waals surface area contributed by atoms with Gasteiger partial charge in [0.25, 0.3) is 0 Å². The molecule has 2 nitrogen and oxygen atoms in total. The highest BCUT2D eigenvalue weighted by atomic mass is 16.5. The van der Waals surface area contributed by atoms with Gasteiger partial charge in [-0.15, -0.1) is 0 Å². The van der Waals surface area contributed by atoms with E-state index in [0.29, 0.717) is 0 Å². The van der Waals surface area contributed by atoms with E-state index in [4.69, 9.17) is 4.74 Å². The summed E-state index contributed by atoms with van der Waals surface area (Å²) in [5.74, 6) is 0.961. The molecule has 0 bridgehead atoms. The molecular weight excluding hydrogens is 150 g/mol. The monoisotopic (exact) mass is 165 g/mol. The van der Waals surface area contributed by atoms with Gasteiger partial charge < -0.3 is 10.1 Å². The van der Waals surface area contributed by atoms with Gasteiger partial charge in [-0.2, -0.15) is 0 Å². The average Bonchev–Trinajstić information content (AvgIpc) is 2.09. The lowest BCUT2D eigenvalue weighted by molar-refractivity contribution is 0.411. The Morgan fingerprint density at radius 1 is 1.42 bits per heavy atom. The molecule has 66 valence electrons. The quantitative estimate of drug-likeness (QED) is 0.736. The number of rotatable bonds is 3. The van der Waals surface area contributed by atoms with Crippen molar-refractivity contribution in [3.8, 4) is 5.75 Å². The molecule has 0 heterocycles. The van der Waals surface area contributed by atoms with Gasteiger partial charge in [0, 0.05) is 6.54 Å². The zero-order chi connectivity index (χ0) is 8.97. The van der Waals surface area contributed by atoms with Gasteiger partial charge in [-0.1, -0.05) is 12.1 Å². The SMILES string of the molecule is CNCc1cccc(OC)c1C. The first kappa shape index (κ1) is 9.07. The number of hydrogen-bond acceptors (Lipinski definition) is 2. The smallest absolute Gasteiger partial charge is 0.122 e. The molecule has 0 atom stereocenters. The van der Waals surface area contributed by atoms with Crippen molar-refractivity contribution < 1.29 is 4.74 Å². The maximum atomic E-state index is 5.20. The van der Waals surface area contributed by atoms with Crippen molar-refractivity contribution in [1.82, 2.24) is 5.32 Å². The van der Waals surface area contributed by atoms with Crippen LogP contribution in [0.25, 0.3) is 0 Å². The van der Waals surface area contributed by atoms with Gasteiger partial charge in [0.1, 0.15) is 5.75 Å². The summed E-state index contributed by atoms with van der Waals surface area (Å²) in [4.78, 5) is 0. The molecule has 0 saturated carbocycles. The first-order valence-corrected chi connectivity index (χ1v) is 4.06. The highest BCUT2D eigenvalue weighted by Gasteiger charge is 2.01. The van der Waals surface area contributed by atoms with E-state index < -0.39 is 0 Å². The second-order valence-corrected chi connectivity index (χ2v) is 2.77. The second kappa shape index (κ2) is 4.12. The van der Waals surface area contributed by atoms with E-state index in [2.05, 4.69) is 18.3 Å². The van der Waals surface area contributed by atoms with E-state index in [-0.39, 0.29) is 0 Å². The van der Waals surface area contributed by atoms with E-state index >= 15 is 0 Å². The standard InChI is InChI=1S/C10H15NO/c1-8-9(7-11-2)5-4-6-10(8)12-3/h4-6,11H,7H2,1-3H3. The molecule has 0 spiro atoms. The molecule has 0 amide bonds. The van der Waals surface area contributed by atoms with Crippen molar-refractivity contribution in [2.24, 2.45) is 0 Å². The normalized spacial score (nSPS) is 9.92. The fourth-order valence-electron chi connectivity index (χ4n) is 1.26. The van der Waals surface area contributed by atoms with Crippen LogP contribution in [0.15, 0.2) is 18.2 Å². The van der Waals surface area contributed by atoms with Crippen molar-refractivity contribution in [2.75, 3.05) is 14.2 Å². The van der Waals surface area contributed by atoms with E-state index in [0.717, 1.165) is 12.3 Å². The number of ether oxygens (including phenoxy) is 1. The van der Waals surface area contributed by atoms with Crippen molar-refractivity contribution in [3.05, 3.63) is 29.3 Å². The van der Waals surface area contributed by atoms with Crippen molar-refractivity contribution in [1.29, 1.82) is 0 Å². The Bertz CT molecular complexity index is 258. The van der Waals surface area contributed by atoms with Crippen LogP contribution in [0.5, 0.6) is 5.75 Å². The molecule has 0 fully saturated rings. The summed E-state index contributed by atoms with van der Waals surface area (Å²) in [5, 5.41) is 3.12. The highest BCUT2D eigenvalue weighted by Crippen LogP contribution is 2.20. The summed E-state index contributed by atoms with van der Waals surface area (Å²) < 4.78 is 5.20. The Labute approximate surface area is 73.6 Å². The molecule has 2 heteroatoms. The number of benzene rings is 1. The van der Waals surface area contributed by atoms with E-state index in [1.807, 2.05) is 19.2 Å². The van der Waals surface area contributed by atoms with E-state index in [1.54, 1.807) is 7.11 Å². The van der Waals surface area contributed by atoms with E-state index in [1.165, 1.54) is 11.1 Å². The Balaban J connectivity index is 2.97. The zero-order valence-electron chi connectivity index (χ0n) is 7.85. The molecule has 1 aromatic rings. The Kier molecular flexibility index (Phi) is 3.11. The van der Waals surface area contributed by atoms with Crippen molar-refractivity contribution >= 4 is 0 Å². The first-order chi connectivity index (χ1) is 5.79. The van der Waals surface area contributed by atoms with E-state index in [9.17, 15) is 0 Å². The summed E-state index contributed by atoms with van der Waals surface area (Å²) in [6.07, 6.45) is 0. The van der Waals surface area contributed by atoms with Crippen LogP contribution in [0.3, 0.4) is 0 Å². The van der Waals surface area contributed by atoms with Crippen LogP contribution >= 0.6 is 0 Å². The van der Waals surface area contributed by atoms with Gasteiger partial charge in [0.15, 0.2) is 0 Å². The Morgan fingerprint density at radius 2 is 2.17 bits per heavy atom. The van der Waals surface area contributed by atoms with Crippen LogP contribution in [0.1, 0.15) is 11.1 Å². The van der Waals surface area contributed by atoms with Crippen molar-refractivity contribution in [2.45, 2.75) is 13.5 Å². The third-order valence-corrected chi connectivity index (χ3v) is 1.98. The van der Waals surface area contributed by atoms with Gasteiger partial charge in [0.05, 0.1) is 7.11 Å². The van der Waals surface area contributed by atoms with Crippen LogP contribution in [0.2, 0.25) is 0 Å². The summed E-state index contributed by atoms with van der Waals surface area (Å²) in [6.45, 7) is 2.97. The second-order valence-electron chi connectivity index (χ2n) is 2.77. The molecule has 1 N–H and O–H groups in total. The molecule has 1 rings (SSSR count). The molecule has 12 heavy (non-hydrogen) atoms. The molecule has 0 aliphatic carbocycles. The molecule has 0 unspecified atom stereocenters.